The fourth-order valence-corrected chi connectivity index (χ4v) is 3.04. The van der Waals surface area contributed by atoms with Gasteiger partial charge in [0.2, 0.25) is 5.95 Å². The van der Waals surface area contributed by atoms with E-state index in [4.69, 9.17) is 23.2 Å². The molecule has 19 heavy (non-hydrogen) atoms. The smallest absolute Gasteiger partial charge is 0.201 e. The molecule has 1 aliphatic carbocycles. The van der Waals surface area contributed by atoms with Gasteiger partial charge in [0.25, 0.3) is 0 Å². The lowest BCUT2D eigenvalue weighted by Gasteiger charge is -2.21. The van der Waals surface area contributed by atoms with E-state index >= 15 is 0 Å². The summed E-state index contributed by atoms with van der Waals surface area (Å²) in [5.41, 5.74) is 1.76. The van der Waals surface area contributed by atoms with Crippen molar-refractivity contribution in [1.82, 2.24) is 9.97 Å². The van der Waals surface area contributed by atoms with Crippen LogP contribution in [0.15, 0.2) is 12.1 Å². The van der Waals surface area contributed by atoms with Gasteiger partial charge in [-0.25, -0.2) is 4.98 Å². The summed E-state index contributed by atoms with van der Waals surface area (Å²) < 4.78 is 0. The minimum absolute atomic E-state index is 0.541. The molecular formula is C14H17Cl2N3. The number of nitrogens with one attached hydrogen (secondary N) is 2. The third-order valence-corrected chi connectivity index (χ3v) is 4.53. The van der Waals surface area contributed by atoms with E-state index in [0.717, 1.165) is 29.4 Å². The third kappa shape index (κ3) is 2.98. The van der Waals surface area contributed by atoms with Crippen LogP contribution in [0.2, 0.25) is 10.0 Å². The molecule has 1 aromatic carbocycles. The second-order valence-electron chi connectivity index (χ2n) is 5.25. The number of halogens is 2. The van der Waals surface area contributed by atoms with E-state index in [1.54, 1.807) is 6.07 Å². The maximum absolute atomic E-state index is 6.00. The van der Waals surface area contributed by atoms with E-state index < -0.39 is 0 Å². The number of aromatic nitrogens is 2. The topological polar surface area (TPSA) is 40.7 Å². The van der Waals surface area contributed by atoms with Crippen LogP contribution in [-0.4, -0.2) is 16.5 Å². The van der Waals surface area contributed by atoms with Gasteiger partial charge in [0.1, 0.15) is 0 Å². The fraction of sp³-hybridized carbons (Fsp3) is 0.500. The first kappa shape index (κ1) is 13.1. The molecule has 3 nitrogen and oxygen atoms in total. The maximum atomic E-state index is 6.00. The van der Waals surface area contributed by atoms with E-state index in [1.165, 1.54) is 32.1 Å². The summed E-state index contributed by atoms with van der Waals surface area (Å²) in [7, 11) is 0. The van der Waals surface area contributed by atoms with Crippen molar-refractivity contribution in [2.45, 2.75) is 32.1 Å². The minimum Gasteiger partial charge on any atom is -0.356 e. The highest BCUT2D eigenvalue weighted by atomic mass is 35.5. The van der Waals surface area contributed by atoms with Crippen LogP contribution in [0.3, 0.4) is 0 Å². The number of H-pyrrole nitrogens is 1. The Labute approximate surface area is 122 Å². The van der Waals surface area contributed by atoms with Gasteiger partial charge in [0.05, 0.1) is 21.1 Å². The zero-order valence-electron chi connectivity index (χ0n) is 10.7. The lowest BCUT2D eigenvalue weighted by Crippen LogP contribution is -2.17. The van der Waals surface area contributed by atoms with Gasteiger partial charge in [0, 0.05) is 6.54 Å². The number of hydrogen-bond donors (Lipinski definition) is 2. The number of benzene rings is 1. The highest BCUT2D eigenvalue weighted by Gasteiger charge is 2.14. The molecule has 5 heteroatoms. The van der Waals surface area contributed by atoms with Gasteiger partial charge in [-0.3, -0.25) is 0 Å². The highest BCUT2D eigenvalue weighted by molar-refractivity contribution is 6.42. The molecule has 0 unspecified atom stereocenters. The van der Waals surface area contributed by atoms with E-state index in [1.807, 2.05) is 6.07 Å². The van der Waals surface area contributed by atoms with Crippen molar-refractivity contribution in [1.29, 1.82) is 0 Å². The quantitative estimate of drug-likeness (QED) is 0.849. The Bertz CT molecular complexity index is 534. The molecule has 0 saturated heterocycles. The molecule has 0 atom stereocenters. The molecule has 2 N–H and O–H groups in total. The molecule has 3 rings (SSSR count). The molecule has 1 fully saturated rings. The Morgan fingerprint density at radius 2 is 1.89 bits per heavy atom. The molecule has 102 valence electrons. The third-order valence-electron chi connectivity index (χ3n) is 3.81. The summed E-state index contributed by atoms with van der Waals surface area (Å²) in [6, 6.07) is 3.61. The largest absolute Gasteiger partial charge is 0.356 e. The van der Waals surface area contributed by atoms with Gasteiger partial charge >= 0.3 is 0 Å². The van der Waals surface area contributed by atoms with Gasteiger partial charge < -0.3 is 10.3 Å². The Morgan fingerprint density at radius 3 is 2.68 bits per heavy atom. The van der Waals surface area contributed by atoms with Gasteiger partial charge in [0.15, 0.2) is 0 Å². The predicted octanol–water partition coefficient (Wildman–Crippen LogP) is 4.86. The Kier molecular flexibility index (Phi) is 3.85. The maximum Gasteiger partial charge on any atom is 0.201 e. The van der Waals surface area contributed by atoms with Crippen molar-refractivity contribution in [3.8, 4) is 0 Å². The van der Waals surface area contributed by atoms with Crippen LogP contribution in [0.5, 0.6) is 0 Å². The van der Waals surface area contributed by atoms with Crippen molar-refractivity contribution in [3.05, 3.63) is 22.2 Å². The first-order valence-corrected chi connectivity index (χ1v) is 7.56. The molecule has 0 amide bonds. The van der Waals surface area contributed by atoms with Crippen LogP contribution in [0.25, 0.3) is 11.0 Å². The average molecular weight is 298 g/mol. The molecule has 0 aliphatic heterocycles. The molecule has 2 aromatic rings. The molecule has 1 heterocycles. The van der Waals surface area contributed by atoms with Crippen LogP contribution >= 0.6 is 23.2 Å². The summed E-state index contributed by atoms with van der Waals surface area (Å²) in [5.74, 6) is 1.58. The van der Waals surface area contributed by atoms with E-state index in [-0.39, 0.29) is 0 Å². The molecule has 0 spiro atoms. The Balaban J connectivity index is 1.70. The van der Waals surface area contributed by atoms with Gasteiger partial charge in [-0.15, -0.1) is 0 Å². The SMILES string of the molecule is Clc1cc2nc(NCC3CCCCC3)[nH]c2cc1Cl. The summed E-state index contributed by atoms with van der Waals surface area (Å²) in [4.78, 5) is 7.73. The number of hydrogen-bond acceptors (Lipinski definition) is 2. The van der Waals surface area contributed by atoms with Gasteiger partial charge in [-0.2, -0.15) is 0 Å². The lowest BCUT2D eigenvalue weighted by atomic mass is 9.89. The van der Waals surface area contributed by atoms with Crippen molar-refractivity contribution in [2.75, 3.05) is 11.9 Å². The second-order valence-corrected chi connectivity index (χ2v) is 6.07. The minimum atomic E-state index is 0.541. The van der Waals surface area contributed by atoms with E-state index in [9.17, 15) is 0 Å². The number of imidazole rings is 1. The number of rotatable bonds is 3. The lowest BCUT2D eigenvalue weighted by molar-refractivity contribution is 0.373. The zero-order valence-corrected chi connectivity index (χ0v) is 12.2. The van der Waals surface area contributed by atoms with Crippen molar-refractivity contribution in [2.24, 2.45) is 5.92 Å². The second kappa shape index (κ2) is 5.59. The van der Waals surface area contributed by atoms with Crippen molar-refractivity contribution < 1.29 is 0 Å². The number of nitrogens with zero attached hydrogens (tertiary/aromatic N) is 1. The molecule has 1 aliphatic rings. The van der Waals surface area contributed by atoms with Gasteiger partial charge in [-0.1, -0.05) is 42.5 Å². The summed E-state index contributed by atoms with van der Waals surface area (Å²) in [5, 5.41) is 4.48. The first-order chi connectivity index (χ1) is 9.22. The normalized spacial score (nSPS) is 16.9. The summed E-state index contributed by atoms with van der Waals surface area (Å²) in [6.45, 7) is 0.987. The van der Waals surface area contributed by atoms with Gasteiger partial charge in [-0.05, 0) is 30.9 Å². The summed E-state index contributed by atoms with van der Waals surface area (Å²) >= 11 is 12.0. The average Bonchev–Trinajstić information content (AvgIpc) is 2.80. The van der Waals surface area contributed by atoms with E-state index in [0.29, 0.717) is 10.0 Å². The predicted molar refractivity (Wildman–Crippen MR) is 81.2 cm³/mol. The van der Waals surface area contributed by atoms with Crippen molar-refractivity contribution in [3.63, 3.8) is 0 Å². The van der Waals surface area contributed by atoms with Crippen LogP contribution in [0, 0.1) is 5.92 Å². The van der Waals surface area contributed by atoms with Crippen LogP contribution in [0.1, 0.15) is 32.1 Å². The summed E-state index contributed by atoms with van der Waals surface area (Å²) in [6.07, 6.45) is 6.75. The molecule has 0 radical (unpaired) electrons. The fourth-order valence-electron chi connectivity index (χ4n) is 2.72. The molecule has 0 bridgehead atoms. The zero-order chi connectivity index (χ0) is 13.2. The van der Waals surface area contributed by atoms with E-state index in [2.05, 4.69) is 15.3 Å². The highest BCUT2D eigenvalue weighted by Crippen LogP contribution is 2.28. The molecule has 1 aromatic heterocycles. The first-order valence-electron chi connectivity index (χ1n) is 6.81. The standard InChI is InChI=1S/C14H17Cl2N3/c15-10-6-12-13(7-11(10)16)19-14(18-12)17-8-9-4-2-1-3-5-9/h6-7,9H,1-5,8H2,(H2,17,18,19). The van der Waals surface area contributed by atoms with Crippen LogP contribution in [0.4, 0.5) is 5.95 Å². The number of anilines is 1. The van der Waals surface area contributed by atoms with Crippen LogP contribution < -0.4 is 5.32 Å². The molecular weight excluding hydrogens is 281 g/mol. The Hall–Kier alpha value is -0.930. The number of fused-ring (bicyclic) bond motifs is 1. The number of aromatic amines is 1. The monoisotopic (exact) mass is 297 g/mol. The Morgan fingerprint density at radius 1 is 1.16 bits per heavy atom. The van der Waals surface area contributed by atoms with Crippen molar-refractivity contribution >= 4 is 40.2 Å². The molecule has 1 saturated carbocycles. The van der Waals surface area contributed by atoms with Crippen LogP contribution in [-0.2, 0) is 0 Å².